The van der Waals surface area contributed by atoms with Crippen LogP contribution < -0.4 is 5.32 Å². The Morgan fingerprint density at radius 2 is 1.92 bits per heavy atom. The summed E-state index contributed by atoms with van der Waals surface area (Å²) in [5.74, 6) is -0.653. The Balaban J connectivity index is 1.99. The first-order valence-corrected chi connectivity index (χ1v) is 8.71. The monoisotopic (exact) mass is 392 g/mol. The Hall–Kier alpha value is -2.37. The SMILES string of the molecule is CCOC(=O)/C=C/c1ccc(NC(=O)Cc2c(Cl)cc(C)nc2Cl)cc1. The summed E-state index contributed by atoms with van der Waals surface area (Å²) in [4.78, 5) is 27.6. The molecule has 2 aromatic rings. The third kappa shape index (κ3) is 5.86. The molecule has 2 rings (SSSR count). The number of benzene rings is 1. The number of hydrogen-bond acceptors (Lipinski definition) is 4. The average Bonchev–Trinajstić information content (AvgIpc) is 2.58. The maximum atomic E-state index is 12.2. The van der Waals surface area contributed by atoms with Crippen LogP contribution in [-0.2, 0) is 20.7 Å². The first-order valence-electron chi connectivity index (χ1n) is 7.95. The van der Waals surface area contributed by atoms with Crippen LogP contribution in [-0.4, -0.2) is 23.5 Å². The van der Waals surface area contributed by atoms with Gasteiger partial charge in [-0.3, -0.25) is 4.79 Å². The van der Waals surface area contributed by atoms with Gasteiger partial charge < -0.3 is 10.1 Å². The lowest BCUT2D eigenvalue weighted by Gasteiger charge is -2.09. The molecule has 1 aromatic heterocycles. The van der Waals surface area contributed by atoms with Gasteiger partial charge in [0.2, 0.25) is 5.91 Å². The maximum Gasteiger partial charge on any atom is 0.330 e. The number of pyridine rings is 1. The van der Waals surface area contributed by atoms with Crippen molar-refractivity contribution >= 4 is 46.8 Å². The van der Waals surface area contributed by atoms with Gasteiger partial charge in [-0.15, -0.1) is 0 Å². The second-order valence-electron chi connectivity index (χ2n) is 5.45. The van der Waals surface area contributed by atoms with Crippen LogP contribution in [0.5, 0.6) is 0 Å². The summed E-state index contributed by atoms with van der Waals surface area (Å²) < 4.78 is 4.81. The normalized spacial score (nSPS) is 10.8. The Kier molecular flexibility index (Phi) is 7.18. The van der Waals surface area contributed by atoms with E-state index in [0.717, 1.165) is 5.56 Å². The highest BCUT2D eigenvalue weighted by Gasteiger charge is 2.13. The average molecular weight is 393 g/mol. The van der Waals surface area contributed by atoms with Gasteiger partial charge in [-0.05, 0) is 43.7 Å². The number of esters is 1. The molecule has 0 aliphatic carbocycles. The Morgan fingerprint density at radius 1 is 1.23 bits per heavy atom. The van der Waals surface area contributed by atoms with Crippen LogP contribution in [0, 0.1) is 6.92 Å². The summed E-state index contributed by atoms with van der Waals surface area (Å²) >= 11 is 12.2. The van der Waals surface area contributed by atoms with Crippen molar-refractivity contribution in [2.75, 3.05) is 11.9 Å². The number of aryl methyl sites for hydroxylation is 1. The maximum absolute atomic E-state index is 12.2. The molecule has 5 nitrogen and oxygen atoms in total. The molecule has 0 saturated heterocycles. The molecule has 0 fully saturated rings. The number of carbonyl (C=O) groups is 2. The van der Waals surface area contributed by atoms with Crippen molar-refractivity contribution < 1.29 is 14.3 Å². The van der Waals surface area contributed by atoms with Crippen LogP contribution >= 0.6 is 23.2 Å². The molecule has 0 aliphatic rings. The van der Waals surface area contributed by atoms with Gasteiger partial charge in [0.05, 0.1) is 13.0 Å². The van der Waals surface area contributed by atoms with Crippen LogP contribution in [0.4, 0.5) is 5.69 Å². The van der Waals surface area contributed by atoms with E-state index in [4.69, 9.17) is 27.9 Å². The Bertz CT molecular complexity index is 810. The highest BCUT2D eigenvalue weighted by molar-refractivity contribution is 6.35. The number of carbonyl (C=O) groups excluding carboxylic acids is 2. The number of amides is 1. The molecule has 1 N–H and O–H groups in total. The third-order valence-corrected chi connectivity index (χ3v) is 4.03. The second kappa shape index (κ2) is 9.36. The summed E-state index contributed by atoms with van der Waals surface area (Å²) in [7, 11) is 0. The Labute approximate surface area is 162 Å². The molecule has 1 aromatic carbocycles. The molecule has 0 radical (unpaired) electrons. The van der Waals surface area contributed by atoms with Gasteiger partial charge in [-0.1, -0.05) is 35.3 Å². The summed E-state index contributed by atoms with van der Waals surface area (Å²) in [5, 5.41) is 3.41. The topological polar surface area (TPSA) is 68.3 Å². The largest absolute Gasteiger partial charge is 0.463 e. The number of ether oxygens (including phenoxy) is 1. The zero-order valence-electron chi connectivity index (χ0n) is 14.4. The van der Waals surface area contributed by atoms with E-state index in [1.807, 2.05) is 0 Å². The molecule has 0 unspecified atom stereocenters. The highest BCUT2D eigenvalue weighted by atomic mass is 35.5. The summed E-state index contributed by atoms with van der Waals surface area (Å²) in [6, 6.07) is 8.69. The molecule has 136 valence electrons. The van der Waals surface area contributed by atoms with E-state index in [1.54, 1.807) is 50.3 Å². The van der Waals surface area contributed by atoms with Crippen LogP contribution in [0.1, 0.15) is 23.7 Å². The van der Waals surface area contributed by atoms with E-state index in [-0.39, 0.29) is 17.5 Å². The van der Waals surface area contributed by atoms with Gasteiger partial charge >= 0.3 is 5.97 Å². The molecule has 26 heavy (non-hydrogen) atoms. The van der Waals surface area contributed by atoms with Gasteiger partial charge in [0, 0.05) is 28.0 Å². The number of nitrogens with one attached hydrogen (secondary N) is 1. The van der Waals surface area contributed by atoms with Gasteiger partial charge in [-0.25, -0.2) is 9.78 Å². The zero-order chi connectivity index (χ0) is 19.1. The third-order valence-electron chi connectivity index (χ3n) is 3.38. The molecule has 0 bridgehead atoms. The quantitative estimate of drug-likeness (QED) is 0.447. The highest BCUT2D eigenvalue weighted by Crippen LogP contribution is 2.24. The van der Waals surface area contributed by atoms with Crippen molar-refractivity contribution in [2.24, 2.45) is 0 Å². The molecule has 0 aliphatic heterocycles. The van der Waals surface area contributed by atoms with Gasteiger partial charge in [0.25, 0.3) is 0 Å². The fourth-order valence-electron chi connectivity index (χ4n) is 2.18. The Morgan fingerprint density at radius 3 is 2.54 bits per heavy atom. The molecular weight excluding hydrogens is 375 g/mol. The van der Waals surface area contributed by atoms with Crippen LogP contribution in [0.2, 0.25) is 10.2 Å². The molecular formula is C19H18Cl2N2O3. The van der Waals surface area contributed by atoms with E-state index in [9.17, 15) is 9.59 Å². The number of hydrogen-bond donors (Lipinski definition) is 1. The van der Waals surface area contributed by atoms with E-state index in [1.165, 1.54) is 6.08 Å². The number of nitrogens with zero attached hydrogens (tertiary/aromatic N) is 1. The van der Waals surface area contributed by atoms with Crippen molar-refractivity contribution in [1.29, 1.82) is 0 Å². The molecule has 0 spiro atoms. The minimum atomic E-state index is -0.398. The molecule has 7 heteroatoms. The lowest BCUT2D eigenvalue weighted by atomic mass is 10.1. The van der Waals surface area contributed by atoms with E-state index in [2.05, 4.69) is 10.3 Å². The van der Waals surface area contributed by atoms with Crippen molar-refractivity contribution in [3.05, 3.63) is 63.4 Å². The predicted octanol–water partition coefficient (Wildman–Crippen LogP) is 4.45. The fourth-order valence-corrected chi connectivity index (χ4v) is 2.84. The van der Waals surface area contributed by atoms with Crippen LogP contribution in [0.25, 0.3) is 6.08 Å². The van der Waals surface area contributed by atoms with E-state index in [0.29, 0.717) is 28.6 Å². The first kappa shape index (κ1) is 19.9. The van der Waals surface area contributed by atoms with Crippen LogP contribution in [0.15, 0.2) is 36.4 Å². The molecule has 0 saturated carbocycles. The second-order valence-corrected chi connectivity index (χ2v) is 6.21. The zero-order valence-corrected chi connectivity index (χ0v) is 15.9. The van der Waals surface area contributed by atoms with Crippen LogP contribution in [0.3, 0.4) is 0 Å². The summed E-state index contributed by atoms with van der Waals surface area (Å²) in [6.07, 6.45) is 3.02. The van der Waals surface area contributed by atoms with Gasteiger partial charge in [-0.2, -0.15) is 0 Å². The summed E-state index contributed by atoms with van der Waals surface area (Å²) in [5.41, 5.74) is 2.61. The van der Waals surface area contributed by atoms with Crippen molar-refractivity contribution in [2.45, 2.75) is 20.3 Å². The summed E-state index contributed by atoms with van der Waals surface area (Å²) in [6.45, 7) is 3.86. The van der Waals surface area contributed by atoms with Crippen molar-refractivity contribution in [1.82, 2.24) is 4.98 Å². The minimum absolute atomic E-state index is 0.0233. The lowest BCUT2D eigenvalue weighted by Crippen LogP contribution is -2.15. The number of aromatic nitrogens is 1. The molecule has 0 atom stereocenters. The van der Waals surface area contributed by atoms with E-state index >= 15 is 0 Å². The smallest absolute Gasteiger partial charge is 0.330 e. The van der Waals surface area contributed by atoms with Gasteiger partial charge in [0.15, 0.2) is 0 Å². The van der Waals surface area contributed by atoms with Crippen molar-refractivity contribution in [3.8, 4) is 0 Å². The number of halogens is 2. The number of anilines is 1. The fraction of sp³-hybridized carbons (Fsp3) is 0.211. The standard InChI is InChI=1S/C19H18Cl2N2O3/c1-3-26-18(25)9-6-13-4-7-14(8-5-13)23-17(24)11-15-16(20)10-12(2)22-19(15)21/h4-10H,3,11H2,1-2H3,(H,23,24)/b9-6+. The predicted molar refractivity (Wildman–Crippen MR) is 103 cm³/mol. The molecule has 1 amide bonds. The van der Waals surface area contributed by atoms with Crippen molar-refractivity contribution in [3.63, 3.8) is 0 Å². The number of rotatable bonds is 6. The van der Waals surface area contributed by atoms with Gasteiger partial charge in [0.1, 0.15) is 5.15 Å². The molecule has 1 heterocycles. The minimum Gasteiger partial charge on any atom is -0.463 e. The first-order chi connectivity index (χ1) is 12.4. The van der Waals surface area contributed by atoms with E-state index < -0.39 is 5.97 Å². The lowest BCUT2D eigenvalue weighted by molar-refractivity contribution is -0.137.